The zero-order valence-electron chi connectivity index (χ0n) is 11.7. The molecule has 0 aliphatic heterocycles. The van der Waals surface area contributed by atoms with Crippen LogP contribution in [0.25, 0.3) is 0 Å². The van der Waals surface area contributed by atoms with Crippen LogP contribution in [-0.2, 0) is 4.74 Å². The zero-order valence-corrected chi connectivity index (χ0v) is 12.6. The molecule has 0 aromatic heterocycles. The molecule has 0 fully saturated rings. The van der Waals surface area contributed by atoms with Crippen molar-refractivity contribution in [1.29, 1.82) is 0 Å². The Kier molecular flexibility index (Phi) is 8.14. The van der Waals surface area contributed by atoms with Gasteiger partial charge >= 0.3 is 0 Å². The van der Waals surface area contributed by atoms with Crippen molar-refractivity contribution in [2.45, 2.75) is 37.6 Å². The van der Waals surface area contributed by atoms with Crippen LogP contribution in [0.4, 0.5) is 0 Å². The third kappa shape index (κ3) is 6.43. The normalized spacial score (nSPS) is 12.6. The molecule has 0 heterocycles. The van der Waals surface area contributed by atoms with Gasteiger partial charge in [-0.3, -0.25) is 0 Å². The Morgan fingerprint density at radius 3 is 2.61 bits per heavy atom. The molecule has 0 aliphatic rings. The van der Waals surface area contributed by atoms with Crippen LogP contribution >= 0.6 is 11.8 Å². The SMILES string of the molecule is CCNC(CCCOC)CSc1ccc(C)cc1. The molecule has 3 heteroatoms. The van der Waals surface area contributed by atoms with E-state index in [0.717, 1.165) is 25.3 Å². The van der Waals surface area contributed by atoms with E-state index in [0.29, 0.717) is 6.04 Å². The summed E-state index contributed by atoms with van der Waals surface area (Å²) in [5, 5.41) is 3.55. The van der Waals surface area contributed by atoms with Gasteiger partial charge in [-0.25, -0.2) is 0 Å². The van der Waals surface area contributed by atoms with Gasteiger partial charge in [0.15, 0.2) is 0 Å². The van der Waals surface area contributed by atoms with E-state index in [-0.39, 0.29) is 0 Å². The third-order valence-electron chi connectivity index (χ3n) is 2.87. The van der Waals surface area contributed by atoms with Crippen LogP contribution in [0, 0.1) is 6.92 Å². The van der Waals surface area contributed by atoms with Crippen molar-refractivity contribution in [2.24, 2.45) is 0 Å². The van der Waals surface area contributed by atoms with Crippen molar-refractivity contribution >= 4 is 11.8 Å². The molecule has 0 amide bonds. The van der Waals surface area contributed by atoms with Crippen LogP contribution in [-0.4, -0.2) is 32.1 Å². The molecular weight excluding hydrogens is 242 g/mol. The van der Waals surface area contributed by atoms with Crippen molar-refractivity contribution in [3.05, 3.63) is 29.8 Å². The molecule has 1 rings (SSSR count). The summed E-state index contributed by atoms with van der Waals surface area (Å²) in [5.41, 5.74) is 1.32. The summed E-state index contributed by atoms with van der Waals surface area (Å²) in [6.45, 7) is 6.18. The Hall–Kier alpha value is -0.510. The van der Waals surface area contributed by atoms with E-state index in [2.05, 4.69) is 43.4 Å². The Balaban J connectivity index is 2.33. The minimum atomic E-state index is 0.580. The first-order valence-corrected chi connectivity index (χ1v) is 7.66. The van der Waals surface area contributed by atoms with Gasteiger partial charge < -0.3 is 10.1 Å². The highest BCUT2D eigenvalue weighted by Gasteiger charge is 2.07. The van der Waals surface area contributed by atoms with Gasteiger partial charge in [-0.1, -0.05) is 24.6 Å². The minimum absolute atomic E-state index is 0.580. The van der Waals surface area contributed by atoms with Crippen LogP contribution in [0.15, 0.2) is 29.2 Å². The lowest BCUT2D eigenvalue weighted by molar-refractivity contribution is 0.190. The second-order valence-corrected chi connectivity index (χ2v) is 5.61. The molecule has 1 aromatic carbocycles. The van der Waals surface area contributed by atoms with E-state index in [9.17, 15) is 0 Å². The van der Waals surface area contributed by atoms with Crippen molar-refractivity contribution in [3.8, 4) is 0 Å². The number of rotatable bonds is 9. The van der Waals surface area contributed by atoms with Gasteiger partial charge in [0, 0.05) is 30.4 Å². The van der Waals surface area contributed by atoms with Gasteiger partial charge in [0.1, 0.15) is 0 Å². The van der Waals surface area contributed by atoms with Crippen LogP contribution in [0.5, 0.6) is 0 Å². The number of methoxy groups -OCH3 is 1. The first kappa shape index (κ1) is 15.5. The lowest BCUT2D eigenvalue weighted by Gasteiger charge is -2.17. The van der Waals surface area contributed by atoms with Crippen LogP contribution in [0.3, 0.4) is 0 Å². The van der Waals surface area contributed by atoms with Gasteiger partial charge in [0.2, 0.25) is 0 Å². The minimum Gasteiger partial charge on any atom is -0.385 e. The summed E-state index contributed by atoms with van der Waals surface area (Å²) >= 11 is 1.93. The standard InChI is InChI=1S/C15H25NOS/c1-4-16-14(6-5-11-17-3)12-18-15-9-7-13(2)8-10-15/h7-10,14,16H,4-6,11-12H2,1-3H3. The average Bonchev–Trinajstić information content (AvgIpc) is 2.38. The summed E-state index contributed by atoms with van der Waals surface area (Å²) < 4.78 is 5.11. The van der Waals surface area contributed by atoms with E-state index in [1.807, 2.05) is 11.8 Å². The predicted molar refractivity (Wildman–Crippen MR) is 80.5 cm³/mol. The molecule has 0 saturated carbocycles. The molecule has 1 atom stereocenters. The van der Waals surface area contributed by atoms with Gasteiger partial charge in [0.25, 0.3) is 0 Å². The Morgan fingerprint density at radius 1 is 1.28 bits per heavy atom. The topological polar surface area (TPSA) is 21.3 Å². The molecule has 2 nitrogen and oxygen atoms in total. The molecule has 1 aromatic rings. The molecule has 0 bridgehead atoms. The molecular formula is C15H25NOS. The van der Waals surface area contributed by atoms with Crippen molar-refractivity contribution < 1.29 is 4.74 Å². The molecule has 0 spiro atoms. The molecule has 0 radical (unpaired) electrons. The molecule has 0 saturated heterocycles. The molecule has 18 heavy (non-hydrogen) atoms. The predicted octanol–water partition coefficient (Wildman–Crippen LogP) is 3.49. The van der Waals surface area contributed by atoms with Gasteiger partial charge in [-0.05, 0) is 38.4 Å². The van der Waals surface area contributed by atoms with Gasteiger partial charge in [-0.15, -0.1) is 11.8 Å². The summed E-state index contributed by atoms with van der Waals surface area (Å²) in [6.07, 6.45) is 2.31. The monoisotopic (exact) mass is 267 g/mol. The zero-order chi connectivity index (χ0) is 13.2. The second-order valence-electron chi connectivity index (χ2n) is 4.51. The Bertz CT molecular complexity index is 313. The lowest BCUT2D eigenvalue weighted by atomic mass is 10.2. The molecule has 102 valence electrons. The smallest absolute Gasteiger partial charge is 0.0462 e. The highest BCUT2D eigenvalue weighted by molar-refractivity contribution is 7.99. The fraction of sp³-hybridized carbons (Fsp3) is 0.600. The number of nitrogens with one attached hydrogen (secondary N) is 1. The number of thioether (sulfide) groups is 1. The van der Waals surface area contributed by atoms with Crippen LogP contribution in [0.2, 0.25) is 0 Å². The number of ether oxygens (including phenoxy) is 1. The summed E-state index contributed by atoms with van der Waals surface area (Å²) in [6, 6.07) is 9.35. The number of hydrogen-bond donors (Lipinski definition) is 1. The van der Waals surface area contributed by atoms with E-state index in [4.69, 9.17) is 4.74 Å². The lowest BCUT2D eigenvalue weighted by Crippen LogP contribution is -2.31. The quantitative estimate of drug-likeness (QED) is 0.546. The Morgan fingerprint density at radius 2 is 2.00 bits per heavy atom. The van der Waals surface area contributed by atoms with Gasteiger partial charge in [-0.2, -0.15) is 0 Å². The summed E-state index contributed by atoms with van der Waals surface area (Å²) in [5.74, 6) is 1.13. The van der Waals surface area contributed by atoms with Crippen molar-refractivity contribution in [1.82, 2.24) is 5.32 Å². The van der Waals surface area contributed by atoms with Crippen molar-refractivity contribution in [2.75, 3.05) is 26.0 Å². The number of benzene rings is 1. The van der Waals surface area contributed by atoms with E-state index >= 15 is 0 Å². The maximum Gasteiger partial charge on any atom is 0.0462 e. The fourth-order valence-electron chi connectivity index (χ4n) is 1.84. The molecule has 0 aliphatic carbocycles. The van der Waals surface area contributed by atoms with Gasteiger partial charge in [0.05, 0.1) is 0 Å². The van der Waals surface area contributed by atoms with E-state index < -0.39 is 0 Å². The van der Waals surface area contributed by atoms with Crippen molar-refractivity contribution in [3.63, 3.8) is 0 Å². The first-order valence-electron chi connectivity index (χ1n) is 6.68. The first-order chi connectivity index (χ1) is 8.76. The maximum absolute atomic E-state index is 5.11. The van der Waals surface area contributed by atoms with E-state index in [1.165, 1.54) is 16.9 Å². The van der Waals surface area contributed by atoms with Crippen LogP contribution < -0.4 is 5.32 Å². The molecule has 1 unspecified atom stereocenters. The summed E-state index contributed by atoms with van der Waals surface area (Å²) in [7, 11) is 1.77. The third-order valence-corrected chi connectivity index (χ3v) is 4.04. The fourth-order valence-corrected chi connectivity index (χ4v) is 2.85. The number of hydrogen-bond acceptors (Lipinski definition) is 3. The highest BCUT2D eigenvalue weighted by Crippen LogP contribution is 2.20. The summed E-state index contributed by atoms with van der Waals surface area (Å²) in [4.78, 5) is 1.36. The maximum atomic E-state index is 5.11. The van der Waals surface area contributed by atoms with E-state index in [1.54, 1.807) is 7.11 Å². The molecule has 1 N–H and O–H groups in total. The number of aryl methyl sites for hydroxylation is 1. The van der Waals surface area contributed by atoms with Crippen LogP contribution in [0.1, 0.15) is 25.3 Å². The largest absolute Gasteiger partial charge is 0.385 e. The Labute approximate surface area is 116 Å². The second kappa shape index (κ2) is 9.42. The highest BCUT2D eigenvalue weighted by atomic mass is 32.2. The average molecular weight is 267 g/mol.